The molecular weight excluding hydrogens is 423 g/mol. The van der Waals surface area contributed by atoms with Crippen LogP contribution in [-0.4, -0.2) is 28.6 Å². The van der Waals surface area contributed by atoms with Crippen molar-refractivity contribution in [3.05, 3.63) is 70.7 Å². The van der Waals surface area contributed by atoms with Gasteiger partial charge in [0.2, 0.25) is 0 Å². The van der Waals surface area contributed by atoms with E-state index in [0.29, 0.717) is 27.8 Å². The number of benzene rings is 2. The van der Waals surface area contributed by atoms with Gasteiger partial charge in [-0.25, -0.2) is 9.97 Å². The van der Waals surface area contributed by atoms with Crippen molar-refractivity contribution in [3.63, 3.8) is 0 Å². The Bertz CT molecular complexity index is 1030. The van der Waals surface area contributed by atoms with Crippen LogP contribution in [0.1, 0.15) is 15.9 Å². The smallest absolute Gasteiger partial charge is 0.362 e. The molecule has 0 atom stereocenters. The highest BCUT2D eigenvalue weighted by molar-refractivity contribution is 7.98. The van der Waals surface area contributed by atoms with Crippen molar-refractivity contribution in [2.24, 2.45) is 0 Å². The van der Waals surface area contributed by atoms with Crippen LogP contribution in [0.25, 0.3) is 11.3 Å². The van der Waals surface area contributed by atoms with Crippen LogP contribution in [0.15, 0.2) is 59.8 Å². The van der Waals surface area contributed by atoms with E-state index in [1.807, 2.05) is 6.07 Å². The molecule has 0 saturated carbocycles. The number of hydrogen-bond acceptors (Lipinski definition) is 5. The van der Waals surface area contributed by atoms with Crippen molar-refractivity contribution in [1.82, 2.24) is 9.97 Å². The van der Waals surface area contributed by atoms with E-state index >= 15 is 0 Å². The molecule has 1 N–H and O–H groups in total. The second-order valence-electron chi connectivity index (χ2n) is 5.96. The molecule has 0 bridgehead atoms. The normalized spacial score (nSPS) is 11.3. The molecule has 0 radical (unpaired) electrons. The number of halogens is 4. The van der Waals surface area contributed by atoms with Crippen molar-refractivity contribution < 1.29 is 18.0 Å². The van der Waals surface area contributed by atoms with Crippen molar-refractivity contribution >= 4 is 35.0 Å². The van der Waals surface area contributed by atoms with Gasteiger partial charge in [-0.1, -0.05) is 59.8 Å². The van der Waals surface area contributed by atoms with Crippen molar-refractivity contribution in [1.29, 1.82) is 0 Å². The Morgan fingerprint density at radius 2 is 1.83 bits per heavy atom. The molecule has 0 saturated heterocycles. The zero-order valence-electron chi connectivity index (χ0n) is 15.1. The number of aromatic nitrogens is 2. The molecule has 0 fully saturated rings. The molecule has 150 valence electrons. The lowest BCUT2D eigenvalue weighted by Gasteiger charge is -2.12. The minimum atomic E-state index is -4.53. The second kappa shape index (κ2) is 8.84. The van der Waals surface area contributed by atoms with Crippen LogP contribution in [0, 0.1) is 0 Å². The van der Waals surface area contributed by atoms with Crippen LogP contribution >= 0.6 is 23.4 Å². The summed E-state index contributed by atoms with van der Waals surface area (Å²) in [5, 5.41) is 2.95. The number of thioether (sulfide) groups is 1. The molecule has 0 amide bonds. The first kappa shape index (κ1) is 21.1. The van der Waals surface area contributed by atoms with Gasteiger partial charge in [0, 0.05) is 17.2 Å². The van der Waals surface area contributed by atoms with Gasteiger partial charge in [0.15, 0.2) is 10.9 Å². The van der Waals surface area contributed by atoms with Gasteiger partial charge >= 0.3 is 6.18 Å². The molecule has 0 aliphatic carbocycles. The first-order chi connectivity index (χ1) is 13.8. The number of Topliss-reactive ketones (excluding diaryl/α,β-unsaturated/α-hetero) is 1. The van der Waals surface area contributed by atoms with E-state index in [0.717, 1.165) is 6.07 Å². The summed E-state index contributed by atoms with van der Waals surface area (Å²) in [6, 6.07) is 13.8. The van der Waals surface area contributed by atoms with Crippen LogP contribution in [0.2, 0.25) is 5.02 Å². The molecule has 1 heterocycles. The predicted molar refractivity (Wildman–Crippen MR) is 109 cm³/mol. The van der Waals surface area contributed by atoms with E-state index in [2.05, 4.69) is 15.3 Å². The molecule has 0 aliphatic heterocycles. The van der Waals surface area contributed by atoms with Gasteiger partial charge in [0.25, 0.3) is 0 Å². The molecule has 3 rings (SSSR count). The van der Waals surface area contributed by atoms with Crippen LogP contribution in [0.3, 0.4) is 0 Å². The number of anilines is 1. The Kier molecular flexibility index (Phi) is 6.44. The van der Waals surface area contributed by atoms with Gasteiger partial charge in [-0.3, -0.25) is 4.79 Å². The Morgan fingerprint density at radius 1 is 1.10 bits per heavy atom. The molecular formula is C20H15ClF3N3OS. The summed E-state index contributed by atoms with van der Waals surface area (Å²) >= 11 is 7.09. The van der Waals surface area contributed by atoms with Gasteiger partial charge in [0.05, 0.1) is 22.8 Å². The van der Waals surface area contributed by atoms with Crippen LogP contribution in [0.5, 0.6) is 0 Å². The van der Waals surface area contributed by atoms with E-state index < -0.39 is 16.8 Å². The molecule has 9 heteroatoms. The van der Waals surface area contributed by atoms with Crippen molar-refractivity contribution in [2.75, 3.05) is 18.1 Å². The number of nitrogens with zero attached hydrogens (tertiary/aromatic N) is 2. The fourth-order valence-electron chi connectivity index (χ4n) is 2.56. The zero-order chi connectivity index (χ0) is 21.0. The highest BCUT2D eigenvalue weighted by Gasteiger charge is 2.33. The molecule has 1 aromatic heterocycles. The Balaban J connectivity index is 1.86. The lowest BCUT2D eigenvalue weighted by molar-refractivity contribution is -0.137. The lowest BCUT2D eigenvalue weighted by Crippen LogP contribution is -2.15. The number of ketones is 1. The number of hydrogen-bond donors (Lipinski definition) is 1. The lowest BCUT2D eigenvalue weighted by atomic mass is 10.1. The number of rotatable bonds is 6. The Hall–Kier alpha value is -2.58. The second-order valence-corrected chi connectivity index (χ2v) is 7.14. The molecule has 2 aromatic carbocycles. The first-order valence-electron chi connectivity index (χ1n) is 8.40. The van der Waals surface area contributed by atoms with E-state index in [-0.39, 0.29) is 12.3 Å². The predicted octanol–water partition coefficient (Wildman–Crippen LogP) is 5.83. The molecule has 3 aromatic rings. The minimum absolute atomic E-state index is 0.0159. The average molecular weight is 438 g/mol. The summed E-state index contributed by atoms with van der Waals surface area (Å²) in [6.07, 6.45) is -2.76. The standard InChI is InChI=1S/C20H15ClF3N3OS/c1-29-19-26-16(13-7-8-14(15(21)9-13)20(22,23)24)10-18(27-19)25-11-17(28)12-5-3-2-4-6-12/h2-10H,11H2,1H3,(H,25,26,27). The summed E-state index contributed by atoms with van der Waals surface area (Å²) in [7, 11) is 0. The molecule has 0 aliphatic rings. The van der Waals surface area contributed by atoms with Gasteiger partial charge in [0.1, 0.15) is 5.82 Å². The monoisotopic (exact) mass is 437 g/mol. The maximum Gasteiger partial charge on any atom is 0.417 e. The summed E-state index contributed by atoms with van der Waals surface area (Å²) in [6.45, 7) is 0.0159. The number of nitrogens with one attached hydrogen (secondary N) is 1. The first-order valence-corrected chi connectivity index (χ1v) is 10.0. The third-order valence-electron chi connectivity index (χ3n) is 3.98. The van der Waals surface area contributed by atoms with E-state index in [9.17, 15) is 18.0 Å². The largest absolute Gasteiger partial charge is 0.417 e. The average Bonchev–Trinajstić information content (AvgIpc) is 2.71. The quantitative estimate of drug-likeness (QED) is 0.298. The van der Waals surface area contributed by atoms with E-state index in [1.165, 1.54) is 23.9 Å². The summed E-state index contributed by atoms with van der Waals surface area (Å²) in [5.41, 5.74) is 0.468. The van der Waals surface area contributed by atoms with Gasteiger partial charge in [-0.2, -0.15) is 13.2 Å². The number of carbonyl (C=O) groups excluding carboxylic acids is 1. The van der Waals surface area contributed by atoms with Gasteiger partial charge in [-0.05, 0) is 18.4 Å². The molecule has 29 heavy (non-hydrogen) atoms. The zero-order valence-corrected chi connectivity index (χ0v) is 16.7. The Morgan fingerprint density at radius 3 is 2.45 bits per heavy atom. The summed E-state index contributed by atoms with van der Waals surface area (Å²) in [5.74, 6) is 0.272. The van der Waals surface area contributed by atoms with Gasteiger partial charge in [-0.15, -0.1) is 0 Å². The summed E-state index contributed by atoms with van der Waals surface area (Å²) in [4.78, 5) is 20.9. The molecule has 0 unspecified atom stereocenters. The van der Waals surface area contributed by atoms with Crippen molar-refractivity contribution in [2.45, 2.75) is 11.3 Å². The maximum absolute atomic E-state index is 12.9. The third kappa shape index (κ3) is 5.27. The highest BCUT2D eigenvalue weighted by atomic mass is 35.5. The SMILES string of the molecule is CSc1nc(NCC(=O)c2ccccc2)cc(-c2ccc(C(F)(F)F)c(Cl)c2)n1. The van der Waals surface area contributed by atoms with E-state index in [4.69, 9.17) is 11.6 Å². The molecule has 4 nitrogen and oxygen atoms in total. The molecule has 0 spiro atoms. The van der Waals surface area contributed by atoms with Crippen LogP contribution in [0.4, 0.5) is 19.0 Å². The van der Waals surface area contributed by atoms with Gasteiger partial charge < -0.3 is 5.32 Å². The Labute approximate surface area is 174 Å². The van der Waals surface area contributed by atoms with Crippen LogP contribution in [-0.2, 0) is 6.18 Å². The minimum Gasteiger partial charge on any atom is -0.362 e. The number of alkyl halides is 3. The van der Waals surface area contributed by atoms with Crippen molar-refractivity contribution in [3.8, 4) is 11.3 Å². The summed E-state index contributed by atoms with van der Waals surface area (Å²) < 4.78 is 38.8. The highest BCUT2D eigenvalue weighted by Crippen LogP contribution is 2.36. The van der Waals surface area contributed by atoms with Crippen LogP contribution < -0.4 is 5.32 Å². The fraction of sp³-hybridized carbons (Fsp3) is 0.150. The fourth-order valence-corrected chi connectivity index (χ4v) is 3.22. The topological polar surface area (TPSA) is 54.9 Å². The van der Waals surface area contributed by atoms with E-state index in [1.54, 1.807) is 36.6 Å². The maximum atomic E-state index is 12.9. The third-order valence-corrected chi connectivity index (χ3v) is 4.84. The number of carbonyl (C=O) groups is 1.